The van der Waals surface area contributed by atoms with Crippen LogP contribution in [0.25, 0.3) is 10.8 Å². The van der Waals surface area contributed by atoms with E-state index in [9.17, 15) is 29.2 Å². The van der Waals surface area contributed by atoms with Crippen LogP contribution in [0, 0.1) is 0 Å². The third-order valence-electron chi connectivity index (χ3n) is 7.25. The van der Waals surface area contributed by atoms with Gasteiger partial charge in [-0.15, -0.1) is 0 Å². The minimum Gasteiger partial charge on any atom is -0.465 e. The number of urea groups is 1. The molecule has 2 saturated heterocycles. The number of amides is 3. The van der Waals surface area contributed by atoms with Crippen molar-refractivity contribution in [2.45, 2.75) is 83.1 Å². The second kappa shape index (κ2) is 13.1. The van der Waals surface area contributed by atoms with Crippen LogP contribution in [0.1, 0.15) is 47.0 Å². The molecule has 2 aliphatic heterocycles. The van der Waals surface area contributed by atoms with Crippen molar-refractivity contribution < 1.29 is 47.7 Å². The first kappa shape index (κ1) is 31.9. The van der Waals surface area contributed by atoms with Crippen LogP contribution < -0.4 is 14.9 Å². The Bertz CT molecular complexity index is 1350. The first-order valence-corrected chi connectivity index (χ1v) is 15.5. The maximum Gasteiger partial charge on any atom is 0.459 e. The highest BCUT2D eigenvalue weighted by Crippen LogP contribution is 2.49. The first-order valence-electron chi connectivity index (χ1n) is 13.9. The van der Waals surface area contributed by atoms with Crippen LogP contribution in [0.3, 0.4) is 0 Å². The molecular weight excluding hydrogens is 569 g/mol. The average molecular weight is 608 g/mol. The lowest BCUT2D eigenvalue weighted by Gasteiger charge is -2.37. The minimum atomic E-state index is -4.40. The standard InChI is InChI=1S/C28H38N3O10P/c1-5-6-16-38-25(34)17(2)30-42(37,41-21-13-9-11-19-10-7-8-12-20(19)21)40-18(3)23-24(33)28(4,36)26(39-23)31-15-14-22(32)29-27(31)35/h7-13,17-18,23-24,26,33,36H,5-6,14-16H2,1-4H3,(H,30,37)(H,29,32,35)/t17-,18+,23+,24+,26+,28+,42?/m0/s1. The van der Waals surface area contributed by atoms with Crippen LogP contribution in [0.2, 0.25) is 0 Å². The molecule has 1 unspecified atom stereocenters. The molecule has 42 heavy (non-hydrogen) atoms. The van der Waals surface area contributed by atoms with Gasteiger partial charge in [0.1, 0.15) is 29.6 Å². The number of carbonyl (C=O) groups is 3. The van der Waals surface area contributed by atoms with Crippen molar-refractivity contribution in [3.8, 4) is 5.75 Å². The molecule has 0 aromatic heterocycles. The Balaban J connectivity index is 1.58. The van der Waals surface area contributed by atoms with Crippen LogP contribution in [-0.4, -0.2) is 82.4 Å². The lowest BCUT2D eigenvalue weighted by atomic mass is 9.94. The summed E-state index contributed by atoms with van der Waals surface area (Å²) in [7, 11) is -4.40. The molecule has 14 heteroatoms. The van der Waals surface area contributed by atoms with Crippen molar-refractivity contribution in [3.05, 3.63) is 42.5 Å². The van der Waals surface area contributed by atoms with Gasteiger partial charge in [0.05, 0.1) is 12.7 Å². The third kappa shape index (κ3) is 6.94. The number of fused-ring (bicyclic) bond motifs is 1. The fourth-order valence-electron chi connectivity index (χ4n) is 4.89. The Morgan fingerprint density at radius 3 is 2.67 bits per heavy atom. The first-order chi connectivity index (χ1) is 19.9. The molecule has 3 amide bonds. The normalized spacial score (nSPS) is 27.3. The SMILES string of the molecule is CCCCOC(=O)[C@H](C)NP(=O)(Oc1cccc2ccccc12)O[C@H](C)[C@H]1O[C@@H](N2CCC(=O)NC2=O)[C@](C)(O)[C@@H]1O. The molecule has 0 aliphatic carbocycles. The number of nitrogens with zero attached hydrogens (tertiary/aromatic N) is 1. The molecule has 0 spiro atoms. The van der Waals surface area contributed by atoms with Crippen LogP contribution in [0.4, 0.5) is 4.79 Å². The van der Waals surface area contributed by atoms with Gasteiger partial charge in [-0.1, -0.05) is 49.7 Å². The number of imide groups is 1. The Morgan fingerprint density at radius 1 is 1.24 bits per heavy atom. The molecule has 2 aliphatic rings. The summed E-state index contributed by atoms with van der Waals surface area (Å²) < 4.78 is 37.3. The highest BCUT2D eigenvalue weighted by atomic mass is 31.2. The summed E-state index contributed by atoms with van der Waals surface area (Å²) in [5, 5.41) is 28.4. The van der Waals surface area contributed by atoms with E-state index >= 15 is 0 Å². The molecule has 0 saturated carbocycles. The Kier molecular flexibility index (Phi) is 9.92. The Hall–Kier alpha value is -3.06. The molecule has 2 heterocycles. The summed E-state index contributed by atoms with van der Waals surface area (Å²) in [6.07, 6.45) is -3.94. The second-order valence-corrected chi connectivity index (χ2v) is 12.3. The largest absolute Gasteiger partial charge is 0.465 e. The third-order valence-corrected chi connectivity index (χ3v) is 9.00. The zero-order valence-electron chi connectivity index (χ0n) is 24.0. The van der Waals surface area contributed by atoms with Crippen LogP contribution in [-0.2, 0) is 28.2 Å². The number of unbranched alkanes of at least 4 members (excludes halogenated alkanes) is 1. The van der Waals surface area contributed by atoms with Crippen molar-refractivity contribution in [2.24, 2.45) is 0 Å². The highest BCUT2D eigenvalue weighted by molar-refractivity contribution is 7.52. The van der Waals surface area contributed by atoms with Crippen molar-refractivity contribution in [2.75, 3.05) is 13.2 Å². The fraction of sp³-hybridized carbons (Fsp3) is 0.536. The Morgan fingerprint density at radius 2 is 1.95 bits per heavy atom. The minimum absolute atomic E-state index is 0.0151. The van der Waals surface area contributed by atoms with Gasteiger partial charge in [-0.2, -0.15) is 5.09 Å². The molecular formula is C28H38N3O10P. The average Bonchev–Trinajstić information content (AvgIpc) is 3.17. The lowest BCUT2D eigenvalue weighted by Crippen LogP contribution is -2.60. The molecule has 2 aromatic carbocycles. The molecule has 4 N–H and O–H groups in total. The number of nitrogens with one attached hydrogen (secondary N) is 2. The number of aliphatic hydroxyl groups is 2. The summed E-state index contributed by atoms with van der Waals surface area (Å²) in [6, 6.07) is 10.6. The number of benzene rings is 2. The summed E-state index contributed by atoms with van der Waals surface area (Å²) in [6.45, 7) is 6.31. The number of carbonyl (C=O) groups excluding carboxylic acids is 3. The molecule has 4 rings (SSSR count). The molecule has 2 fully saturated rings. The van der Waals surface area contributed by atoms with E-state index in [1.807, 2.05) is 25.1 Å². The number of hydrogen-bond donors (Lipinski definition) is 4. The van der Waals surface area contributed by atoms with Crippen LogP contribution in [0.15, 0.2) is 42.5 Å². The van der Waals surface area contributed by atoms with Crippen molar-refractivity contribution in [1.29, 1.82) is 0 Å². The molecule has 0 bridgehead atoms. The zero-order chi connectivity index (χ0) is 30.7. The summed E-state index contributed by atoms with van der Waals surface area (Å²) in [5.41, 5.74) is -1.97. The highest BCUT2D eigenvalue weighted by Gasteiger charge is 2.58. The monoisotopic (exact) mass is 607 g/mol. The van der Waals surface area contributed by atoms with Gasteiger partial charge in [0.2, 0.25) is 5.91 Å². The van der Waals surface area contributed by atoms with E-state index in [0.29, 0.717) is 11.8 Å². The van der Waals surface area contributed by atoms with E-state index in [1.165, 1.54) is 20.8 Å². The van der Waals surface area contributed by atoms with Gasteiger partial charge in [-0.3, -0.25) is 24.3 Å². The maximum atomic E-state index is 14.3. The number of ether oxygens (including phenoxy) is 2. The summed E-state index contributed by atoms with van der Waals surface area (Å²) in [5.74, 6) is -0.912. The van der Waals surface area contributed by atoms with E-state index in [0.717, 1.165) is 16.7 Å². The smallest absolute Gasteiger partial charge is 0.459 e. The van der Waals surface area contributed by atoms with Gasteiger partial charge >= 0.3 is 19.7 Å². The number of rotatable bonds is 12. The summed E-state index contributed by atoms with van der Waals surface area (Å²) in [4.78, 5) is 37.8. The summed E-state index contributed by atoms with van der Waals surface area (Å²) >= 11 is 0. The van der Waals surface area contributed by atoms with Gasteiger partial charge in [-0.25, -0.2) is 9.36 Å². The van der Waals surface area contributed by atoms with E-state index in [2.05, 4.69) is 10.4 Å². The number of aliphatic hydroxyl groups excluding tert-OH is 1. The van der Waals surface area contributed by atoms with E-state index in [4.69, 9.17) is 18.5 Å². The van der Waals surface area contributed by atoms with Crippen LogP contribution >= 0.6 is 7.75 Å². The fourth-order valence-corrected chi connectivity index (χ4v) is 6.60. The molecule has 13 nitrogen and oxygen atoms in total. The van der Waals surface area contributed by atoms with Crippen molar-refractivity contribution >= 4 is 36.4 Å². The number of hydrogen-bond acceptors (Lipinski definition) is 10. The van der Waals surface area contributed by atoms with Gasteiger partial charge < -0.3 is 24.2 Å². The zero-order valence-corrected chi connectivity index (χ0v) is 24.9. The van der Waals surface area contributed by atoms with Crippen molar-refractivity contribution in [1.82, 2.24) is 15.3 Å². The maximum absolute atomic E-state index is 14.3. The topological polar surface area (TPSA) is 173 Å². The quantitative estimate of drug-likeness (QED) is 0.159. The molecule has 7 atom stereocenters. The van der Waals surface area contributed by atoms with Crippen molar-refractivity contribution in [3.63, 3.8) is 0 Å². The van der Waals surface area contributed by atoms with Gasteiger partial charge in [0.15, 0.2) is 6.23 Å². The van der Waals surface area contributed by atoms with E-state index in [1.54, 1.807) is 24.3 Å². The molecule has 230 valence electrons. The lowest BCUT2D eigenvalue weighted by molar-refractivity contribution is -0.145. The van der Waals surface area contributed by atoms with Crippen LogP contribution in [0.5, 0.6) is 5.75 Å². The van der Waals surface area contributed by atoms with E-state index in [-0.39, 0.29) is 25.3 Å². The Labute approximate surface area is 244 Å². The van der Waals surface area contributed by atoms with Gasteiger partial charge in [-0.05, 0) is 38.6 Å². The number of esters is 1. The predicted octanol–water partition coefficient (Wildman–Crippen LogP) is 2.83. The predicted molar refractivity (Wildman–Crippen MR) is 151 cm³/mol. The van der Waals surface area contributed by atoms with Gasteiger partial charge in [0.25, 0.3) is 0 Å². The van der Waals surface area contributed by atoms with Gasteiger partial charge in [0, 0.05) is 18.4 Å². The molecule has 2 aromatic rings. The second-order valence-electron chi connectivity index (χ2n) is 10.7. The van der Waals surface area contributed by atoms with E-state index < -0.39 is 61.8 Å². The molecule has 0 radical (unpaired) electrons.